The lowest BCUT2D eigenvalue weighted by Crippen LogP contribution is -2.15. The number of anilines is 2. The minimum atomic E-state index is -0.0749. The minimum Gasteiger partial charge on any atom is -0.311 e. The van der Waals surface area contributed by atoms with Gasteiger partial charge in [-0.1, -0.05) is 237 Å². The number of fused-ring (bicyclic) bond motifs is 9. The summed E-state index contributed by atoms with van der Waals surface area (Å²) in [7, 11) is 0. The van der Waals surface area contributed by atoms with Crippen molar-refractivity contribution in [3.8, 4) is 39.9 Å². The average Bonchev–Trinajstić information content (AvgIpc) is 2.72. The zero-order chi connectivity index (χ0) is 55.4. The van der Waals surface area contributed by atoms with Gasteiger partial charge in [0.15, 0.2) is 17.5 Å². The summed E-state index contributed by atoms with van der Waals surface area (Å²) in [5.41, 5.74) is 12.9. The van der Waals surface area contributed by atoms with Crippen molar-refractivity contribution in [1.82, 2.24) is 19.5 Å². The van der Waals surface area contributed by atoms with Crippen molar-refractivity contribution >= 4 is 87.0 Å². The van der Waals surface area contributed by atoms with Crippen molar-refractivity contribution < 1.29 is 0 Å². The fourth-order valence-corrected chi connectivity index (χ4v) is 12.7. The van der Waals surface area contributed by atoms with Crippen LogP contribution < -0.4 is 4.90 Å². The molecule has 0 bridgehead atoms. The maximum absolute atomic E-state index is 5.40. The van der Waals surface area contributed by atoms with Gasteiger partial charge in [0.25, 0.3) is 0 Å². The topological polar surface area (TPSA) is 46.8 Å². The molecule has 5 heteroatoms. The Labute approximate surface area is 482 Å². The van der Waals surface area contributed by atoms with Gasteiger partial charge in [0, 0.05) is 61.5 Å². The van der Waals surface area contributed by atoms with Crippen LogP contribution in [-0.2, 0) is 0 Å². The van der Waals surface area contributed by atoms with E-state index in [1.54, 1.807) is 0 Å². The third-order valence-electron chi connectivity index (χ3n) is 16.5. The van der Waals surface area contributed by atoms with Gasteiger partial charge in [0.2, 0.25) is 0 Å². The second-order valence-electron chi connectivity index (χ2n) is 21.4. The summed E-state index contributed by atoms with van der Waals surface area (Å²) < 4.78 is 2.47. The van der Waals surface area contributed by atoms with Gasteiger partial charge in [-0.15, -0.1) is 0 Å². The molecule has 1 atom stereocenters. The highest BCUT2D eigenvalue weighted by Gasteiger charge is 2.26. The molecule has 392 valence electrons. The summed E-state index contributed by atoms with van der Waals surface area (Å²) in [6.45, 7) is 4.21. The number of rotatable bonds is 11. The second-order valence-corrected chi connectivity index (χ2v) is 21.4. The Hall–Kier alpha value is -10.8. The third-order valence-corrected chi connectivity index (χ3v) is 16.5. The molecule has 15 aromatic rings. The zero-order valence-corrected chi connectivity index (χ0v) is 46.0. The van der Waals surface area contributed by atoms with Crippen LogP contribution in [-0.4, -0.2) is 19.5 Å². The van der Waals surface area contributed by atoms with Crippen LogP contribution in [0.3, 0.4) is 0 Å². The first kappa shape index (κ1) is 49.3. The molecular formula is C78H55N5. The van der Waals surface area contributed by atoms with Crippen LogP contribution >= 0.6 is 0 Å². The van der Waals surface area contributed by atoms with Gasteiger partial charge in [0.1, 0.15) is 0 Å². The number of nitrogens with zero attached hydrogens (tertiary/aromatic N) is 5. The largest absolute Gasteiger partial charge is 0.311 e. The molecule has 0 aliphatic heterocycles. The van der Waals surface area contributed by atoms with E-state index in [9.17, 15) is 0 Å². The number of allylic oxidation sites excluding steroid dienone is 3. The summed E-state index contributed by atoms with van der Waals surface area (Å²) >= 11 is 0. The summed E-state index contributed by atoms with van der Waals surface area (Å²) in [5, 5.41) is 13.9. The van der Waals surface area contributed by atoms with Gasteiger partial charge in [-0.3, -0.25) is 0 Å². The lowest BCUT2D eigenvalue weighted by Gasteiger charge is -2.27. The van der Waals surface area contributed by atoms with Crippen LogP contribution in [0.5, 0.6) is 0 Å². The molecule has 13 aromatic carbocycles. The van der Waals surface area contributed by atoms with E-state index in [0.717, 1.165) is 88.2 Å². The number of aromatic nitrogens is 4. The Balaban J connectivity index is 1.00. The van der Waals surface area contributed by atoms with E-state index in [4.69, 9.17) is 15.0 Å². The van der Waals surface area contributed by atoms with Crippen LogP contribution in [0.25, 0.3) is 116 Å². The Morgan fingerprint density at radius 1 is 0.386 bits per heavy atom. The van der Waals surface area contributed by atoms with E-state index < -0.39 is 0 Å². The molecule has 0 saturated heterocycles. The van der Waals surface area contributed by atoms with E-state index in [1.807, 2.05) is 0 Å². The smallest absolute Gasteiger partial charge is 0.164 e. The highest BCUT2D eigenvalue weighted by atomic mass is 15.1. The van der Waals surface area contributed by atoms with Crippen molar-refractivity contribution in [2.45, 2.75) is 19.8 Å². The first-order valence-corrected chi connectivity index (χ1v) is 28.5. The number of hydrogen-bond acceptors (Lipinski definition) is 4. The van der Waals surface area contributed by atoms with Crippen molar-refractivity contribution in [3.05, 3.63) is 314 Å². The Morgan fingerprint density at radius 2 is 0.928 bits per heavy atom. The fourth-order valence-electron chi connectivity index (χ4n) is 12.7. The molecule has 0 radical (unpaired) electrons. The van der Waals surface area contributed by atoms with Gasteiger partial charge in [-0.05, 0) is 134 Å². The standard InChI is InChI=1S/C78H55N5/c1-3-21-60(4-2)82(62-43-42-52-23-9-11-29-57(52)47-62)63-44-45-73-70(49-63)72-50-71(74(55-26-6-5-7-27-55)58-41-40-51-22-8-10-28-56(51)46-58)66-36-16-17-37-67(66)75(72)83(73)61-33-18-32-59(48-61)76-79-77(68-38-19-30-53-24-12-14-34-64(53)68)81-78(80-76)69-39-20-31-54-25-13-15-35-65(54)69/h3-50,74H,1-2H3/b21-3-,60-4+. The lowest BCUT2D eigenvalue weighted by atomic mass is 9.81. The van der Waals surface area contributed by atoms with Gasteiger partial charge in [0.05, 0.1) is 11.0 Å². The van der Waals surface area contributed by atoms with Gasteiger partial charge >= 0.3 is 0 Å². The van der Waals surface area contributed by atoms with E-state index >= 15 is 0 Å². The Morgan fingerprint density at radius 3 is 1.60 bits per heavy atom. The molecule has 2 aromatic heterocycles. The Bertz CT molecular complexity index is 4980. The van der Waals surface area contributed by atoms with Crippen molar-refractivity contribution in [2.75, 3.05) is 4.90 Å². The third kappa shape index (κ3) is 8.69. The molecule has 0 saturated carbocycles. The van der Waals surface area contributed by atoms with E-state index in [2.05, 4.69) is 315 Å². The van der Waals surface area contributed by atoms with Crippen LogP contribution in [0.4, 0.5) is 11.4 Å². The molecule has 0 spiro atoms. The van der Waals surface area contributed by atoms with Gasteiger partial charge < -0.3 is 9.47 Å². The molecule has 0 N–H and O–H groups in total. The molecule has 0 amide bonds. The highest BCUT2D eigenvalue weighted by Crippen LogP contribution is 2.46. The monoisotopic (exact) mass is 1060 g/mol. The normalized spacial score (nSPS) is 12.4. The molecular weight excluding hydrogens is 1010 g/mol. The number of benzene rings is 13. The predicted octanol–water partition coefficient (Wildman–Crippen LogP) is 20.5. The fraction of sp³-hybridized carbons (Fsp3) is 0.0385. The van der Waals surface area contributed by atoms with Crippen molar-refractivity contribution in [3.63, 3.8) is 0 Å². The molecule has 1 unspecified atom stereocenters. The van der Waals surface area contributed by atoms with Crippen LogP contribution in [0, 0.1) is 0 Å². The van der Waals surface area contributed by atoms with E-state index in [-0.39, 0.29) is 5.92 Å². The Kier molecular flexibility index (Phi) is 12.3. The molecule has 2 heterocycles. The summed E-state index contributed by atoms with van der Waals surface area (Å²) in [6, 6.07) is 99.0. The minimum absolute atomic E-state index is 0.0749. The van der Waals surface area contributed by atoms with Crippen molar-refractivity contribution in [1.29, 1.82) is 0 Å². The van der Waals surface area contributed by atoms with E-state index in [1.165, 1.54) is 43.6 Å². The summed E-state index contributed by atoms with van der Waals surface area (Å²) in [6.07, 6.45) is 6.52. The maximum atomic E-state index is 5.40. The lowest BCUT2D eigenvalue weighted by molar-refractivity contribution is 0.994. The first-order chi connectivity index (χ1) is 41.1. The molecule has 0 aliphatic carbocycles. The van der Waals surface area contributed by atoms with Gasteiger partial charge in [-0.25, -0.2) is 15.0 Å². The van der Waals surface area contributed by atoms with Crippen LogP contribution in [0.15, 0.2) is 297 Å². The van der Waals surface area contributed by atoms with Gasteiger partial charge in [-0.2, -0.15) is 0 Å². The zero-order valence-electron chi connectivity index (χ0n) is 46.0. The molecule has 0 aliphatic rings. The molecule has 83 heavy (non-hydrogen) atoms. The second kappa shape index (κ2) is 20.7. The molecule has 5 nitrogen and oxygen atoms in total. The first-order valence-electron chi connectivity index (χ1n) is 28.5. The predicted molar refractivity (Wildman–Crippen MR) is 349 cm³/mol. The molecule has 15 rings (SSSR count). The van der Waals surface area contributed by atoms with Crippen LogP contribution in [0.2, 0.25) is 0 Å². The number of hydrogen-bond donors (Lipinski definition) is 0. The van der Waals surface area contributed by atoms with Crippen LogP contribution in [0.1, 0.15) is 36.5 Å². The summed E-state index contributed by atoms with van der Waals surface area (Å²) in [4.78, 5) is 18.5. The van der Waals surface area contributed by atoms with Crippen molar-refractivity contribution in [2.24, 2.45) is 0 Å². The maximum Gasteiger partial charge on any atom is 0.164 e. The SMILES string of the molecule is C/C=C\C(=C/C)N(c1ccc2ccccc2c1)c1ccc2c(c1)c1cc(C(c3ccccc3)c3ccc4ccccc4c3)c3ccccc3c1n2-c1cccc(-c2nc(-c3cccc4ccccc34)nc(-c3cccc4ccccc34)n2)c1. The highest BCUT2D eigenvalue weighted by molar-refractivity contribution is 6.20. The average molecular weight is 1060 g/mol. The molecule has 0 fully saturated rings. The quantitative estimate of drug-likeness (QED) is 0.0957. The van der Waals surface area contributed by atoms with E-state index in [0.29, 0.717) is 17.5 Å². The summed E-state index contributed by atoms with van der Waals surface area (Å²) in [5.74, 6) is 1.76.